The predicted octanol–water partition coefficient (Wildman–Crippen LogP) is 6.75. The minimum Gasteiger partial charge on any atom is -0.598 e. The standard InChI is InChI=1S/C23H40F3NO3SSi/c1-17(27-31(28)21(2,3)4)18-12-10-13-20(23(24,25)26)19(18)16-29-14-11-15-30-32(8,9)22(5,6)7/h10,12-13,17,27H,11,14-16H2,1-9H3/t17-,31?/m1/s1. The molecule has 0 radical (unpaired) electrons. The highest BCUT2D eigenvalue weighted by Crippen LogP contribution is 2.37. The lowest BCUT2D eigenvalue weighted by Gasteiger charge is -2.36. The number of rotatable bonds is 10. The number of hydrogen-bond donors (Lipinski definition) is 1. The highest BCUT2D eigenvalue weighted by molar-refractivity contribution is 7.90. The maximum atomic E-state index is 13.7. The fourth-order valence-corrected chi connectivity index (χ4v) is 4.61. The van der Waals surface area contributed by atoms with E-state index in [2.05, 4.69) is 38.6 Å². The topological polar surface area (TPSA) is 53.5 Å². The molecule has 0 aliphatic rings. The Kier molecular flexibility index (Phi) is 10.3. The Labute approximate surface area is 196 Å². The molecule has 0 saturated carbocycles. The first-order valence-corrected chi connectivity index (χ1v) is 15.0. The Morgan fingerprint density at radius 2 is 1.66 bits per heavy atom. The molecule has 0 aliphatic carbocycles. The third-order valence-corrected chi connectivity index (χ3v) is 12.0. The third-order valence-electron chi connectivity index (χ3n) is 5.77. The third kappa shape index (κ3) is 8.65. The molecule has 0 aromatic heterocycles. The van der Waals surface area contributed by atoms with E-state index in [1.807, 2.05) is 20.8 Å². The van der Waals surface area contributed by atoms with Gasteiger partial charge in [0.1, 0.15) is 4.75 Å². The van der Waals surface area contributed by atoms with Crippen molar-refractivity contribution in [2.45, 2.75) is 96.6 Å². The van der Waals surface area contributed by atoms with Crippen LogP contribution in [-0.4, -0.2) is 30.8 Å². The normalized spacial score (nSPS) is 15.7. The van der Waals surface area contributed by atoms with Crippen LogP contribution >= 0.6 is 0 Å². The van der Waals surface area contributed by atoms with E-state index in [4.69, 9.17) is 9.16 Å². The lowest BCUT2D eigenvalue weighted by Crippen LogP contribution is -2.41. The maximum absolute atomic E-state index is 13.7. The van der Waals surface area contributed by atoms with Gasteiger partial charge in [0.05, 0.1) is 18.2 Å². The number of halogens is 3. The second kappa shape index (κ2) is 11.2. The van der Waals surface area contributed by atoms with Crippen molar-refractivity contribution in [2.24, 2.45) is 0 Å². The van der Waals surface area contributed by atoms with Crippen molar-refractivity contribution in [1.29, 1.82) is 0 Å². The van der Waals surface area contributed by atoms with Crippen LogP contribution in [-0.2, 0) is 33.3 Å². The SMILES string of the molecule is C[C@@H](N[S+]([O-])C(C)(C)C)c1cccc(C(F)(F)F)c1COCCCO[Si](C)(C)C(C)(C)C. The smallest absolute Gasteiger partial charge is 0.416 e. The molecule has 32 heavy (non-hydrogen) atoms. The zero-order valence-corrected chi connectivity index (χ0v) is 22.7. The van der Waals surface area contributed by atoms with Gasteiger partial charge in [-0.15, -0.1) is 4.72 Å². The highest BCUT2D eigenvalue weighted by Gasteiger charge is 2.37. The van der Waals surface area contributed by atoms with Gasteiger partial charge in [0.15, 0.2) is 8.32 Å². The Bertz CT molecular complexity index is 731. The van der Waals surface area contributed by atoms with Crippen LogP contribution in [0.1, 0.15) is 77.6 Å². The van der Waals surface area contributed by atoms with Crippen molar-refractivity contribution in [3.63, 3.8) is 0 Å². The summed E-state index contributed by atoms with van der Waals surface area (Å²) in [5.41, 5.74) is -0.200. The summed E-state index contributed by atoms with van der Waals surface area (Å²) in [5, 5.41) is 0.102. The van der Waals surface area contributed by atoms with E-state index < -0.39 is 42.2 Å². The molecule has 0 spiro atoms. The summed E-state index contributed by atoms with van der Waals surface area (Å²) < 4.78 is 67.6. The van der Waals surface area contributed by atoms with E-state index >= 15 is 0 Å². The second-order valence-corrected chi connectivity index (χ2v) is 17.4. The molecule has 2 atom stereocenters. The monoisotopic (exact) mass is 495 g/mol. The van der Waals surface area contributed by atoms with E-state index in [1.54, 1.807) is 13.0 Å². The van der Waals surface area contributed by atoms with E-state index in [-0.39, 0.29) is 17.2 Å². The molecule has 1 aromatic rings. The summed E-state index contributed by atoms with van der Waals surface area (Å²) in [5.74, 6) is 0. The molecular formula is C23H40F3NO3SSi. The zero-order chi connectivity index (χ0) is 25.0. The Morgan fingerprint density at radius 3 is 2.16 bits per heavy atom. The molecule has 1 N–H and O–H groups in total. The molecule has 0 amide bonds. The van der Waals surface area contributed by atoms with E-state index in [9.17, 15) is 17.7 Å². The molecule has 186 valence electrons. The quantitative estimate of drug-likeness (QED) is 0.222. The van der Waals surface area contributed by atoms with Gasteiger partial charge in [-0.05, 0) is 69.4 Å². The number of hydrogen-bond acceptors (Lipinski definition) is 4. The molecule has 1 aromatic carbocycles. The van der Waals surface area contributed by atoms with Gasteiger partial charge in [-0.1, -0.05) is 32.9 Å². The van der Waals surface area contributed by atoms with Crippen molar-refractivity contribution in [1.82, 2.24) is 4.72 Å². The zero-order valence-electron chi connectivity index (χ0n) is 20.9. The van der Waals surface area contributed by atoms with Crippen LogP contribution in [0.25, 0.3) is 0 Å². The molecule has 1 rings (SSSR count). The lowest BCUT2D eigenvalue weighted by molar-refractivity contribution is -0.139. The minimum atomic E-state index is -4.50. The van der Waals surface area contributed by atoms with Crippen molar-refractivity contribution in [3.05, 3.63) is 34.9 Å². The second-order valence-electron chi connectivity index (χ2n) is 10.6. The van der Waals surface area contributed by atoms with Crippen LogP contribution in [0.15, 0.2) is 18.2 Å². The predicted molar refractivity (Wildman–Crippen MR) is 128 cm³/mol. The summed E-state index contributed by atoms with van der Waals surface area (Å²) in [7, 11) is -1.86. The maximum Gasteiger partial charge on any atom is 0.416 e. The number of alkyl halides is 3. The fourth-order valence-electron chi connectivity index (χ4n) is 2.72. The van der Waals surface area contributed by atoms with Crippen molar-refractivity contribution in [2.75, 3.05) is 13.2 Å². The van der Waals surface area contributed by atoms with Gasteiger partial charge < -0.3 is 13.7 Å². The average molecular weight is 496 g/mol. The van der Waals surface area contributed by atoms with E-state index in [0.717, 1.165) is 6.07 Å². The molecule has 0 heterocycles. The largest absolute Gasteiger partial charge is 0.598 e. The van der Waals surface area contributed by atoms with Gasteiger partial charge in [-0.2, -0.15) is 13.2 Å². The van der Waals surface area contributed by atoms with Gasteiger partial charge >= 0.3 is 6.18 Å². The van der Waals surface area contributed by atoms with Crippen molar-refractivity contribution < 1.29 is 26.9 Å². The van der Waals surface area contributed by atoms with Gasteiger partial charge in [-0.3, -0.25) is 0 Å². The number of ether oxygens (including phenoxy) is 1. The van der Waals surface area contributed by atoms with E-state index in [0.29, 0.717) is 25.2 Å². The Hall–Kier alpha value is -0.583. The Balaban J connectivity index is 2.87. The highest BCUT2D eigenvalue weighted by atomic mass is 32.2. The lowest BCUT2D eigenvalue weighted by atomic mass is 9.97. The van der Waals surface area contributed by atoms with Gasteiger partial charge in [-0.25, -0.2) is 0 Å². The van der Waals surface area contributed by atoms with Crippen LogP contribution in [0.2, 0.25) is 18.1 Å². The summed E-state index contributed by atoms with van der Waals surface area (Å²) >= 11 is -1.41. The average Bonchev–Trinajstić information content (AvgIpc) is 2.61. The molecular weight excluding hydrogens is 455 g/mol. The van der Waals surface area contributed by atoms with E-state index in [1.165, 1.54) is 6.07 Å². The van der Waals surface area contributed by atoms with Crippen molar-refractivity contribution >= 4 is 19.7 Å². The van der Waals surface area contributed by atoms with Crippen LogP contribution < -0.4 is 4.72 Å². The first kappa shape index (κ1) is 29.4. The number of benzene rings is 1. The molecule has 4 nitrogen and oxygen atoms in total. The van der Waals surface area contributed by atoms with Crippen LogP contribution in [0.3, 0.4) is 0 Å². The Morgan fingerprint density at radius 1 is 1.06 bits per heavy atom. The molecule has 0 fully saturated rings. The van der Waals surface area contributed by atoms with Crippen LogP contribution in [0, 0.1) is 0 Å². The minimum absolute atomic E-state index is 0.0798. The van der Waals surface area contributed by atoms with Crippen LogP contribution in [0.4, 0.5) is 13.2 Å². The first-order valence-electron chi connectivity index (χ1n) is 11.0. The summed E-state index contributed by atoms with van der Waals surface area (Å²) in [6, 6.07) is 3.55. The van der Waals surface area contributed by atoms with Crippen molar-refractivity contribution in [3.8, 4) is 0 Å². The molecule has 9 heteroatoms. The summed E-state index contributed by atoms with van der Waals surface area (Å²) in [4.78, 5) is 0. The molecule has 0 bridgehead atoms. The van der Waals surface area contributed by atoms with Crippen LogP contribution in [0.5, 0.6) is 0 Å². The van der Waals surface area contributed by atoms with Gasteiger partial charge in [0.25, 0.3) is 0 Å². The molecule has 1 unspecified atom stereocenters. The number of nitrogens with one attached hydrogen (secondary N) is 1. The summed E-state index contributed by atoms with van der Waals surface area (Å²) in [6.07, 6.45) is -3.89. The summed E-state index contributed by atoms with van der Waals surface area (Å²) in [6.45, 7) is 18.6. The first-order chi connectivity index (χ1) is 14.4. The molecule has 0 aliphatic heterocycles. The molecule has 0 saturated heterocycles. The fraction of sp³-hybridized carbons (Fsp3) is 0.739. The van der Waals surface area contributed by atoms with Gasteiger partial charge in [0, 0.05) is 24.6 Å². The van der Waals surface area contributed by atoms with Gasteiger partial charge in [0.2, 0.25) is 0 Å².